The number of aromatic nitrogens is 1. The van der Waals surface area contributed by atoms with Crippen LogP contribution in [0.15, 0.2) is 28.8 Å². The fourth-order valence-electron chi connectivity index (χ4n) is 3.48. The summed E-state index contributed by atoms with van der Waals surface area (Å²) in [6, 6.07) is 7.77. The molecule has 3 atom stereocenters. The number of nitrogens with one attached hydrogen (secondary N) is 1. The largest absolute Gasteiger partial charge is 0.493 e. The normalized spacial score (nSPS) is 25.1. The van der Waals surface area contributed by atoms with Gasteiger partial charge in [0.15, 0.2) is 0 Å². The van der Waals surface area contributed by atoms with Crippen molar-refractivity contribution in [1.29, 1.82) is 0 Å². The second-order valence-corrected chi connectivity index (χ2v) is 5.65. The van der Waals surface area contributed by atoms with Gasteiger partial charge in [-0.2, -0.15) is 0 Å². The Kier molecular flexibility index (Phi) is 2.85. The zero-order valence-corrected chi connectivity index (χ0v) is 12.3. The predicted octanol–water partition coefficient (Wildman–Crippen LogP) is 2.42. The molecule has 0 aliphatic carbocycles. The van der Waals surface area contributed by atoms with Crippen LogP contribution >= 0.6 is 0 Å². The summed E-state index contributed by atoms with van der Waals surface area (Å²) < 4.78 is 16.2. The number of carbonyl (C=O) groups is 1. The van der Waals surface area contributed by atoms with Crippen LogP contribution in [0.5, 0.6) is 5.75 Å². The molecule has 0 saturated heterocycles. The Bertz CT molecular complexity index is 739. The molecule has 22 heavy (non-hydrogen) atoms. The minimum atomic E-state index is -0.439. The van der Waals surface area contributed by atoms with Gasteiger partial charge in [-0.3, -0.25) is 4.79 Å². The third-order valence-electron chi connectivity index (χ3n) is 4.50. The summed E-state index contributed by atoms with van der Waals surface area (Å²) in [5.41, 5.74) is 2.50. The van der Waals surface area contributed by atoms with E-state index in [0.717, 1.165) is 16.9 Å². The van der Waals surface area contributed by atoms with Gasteiger partial charge in [0.05, 0.1) is 36.9 Å². The van der Waals surface area contributed by atoms with Gasteiger partial charge in [0.25, 0.3) is 0 Å². The second-order valence-electron chi connectivity index (χ2n) is 5.65. The number of carbonyl (C=O) groups excluding carboxylic acids is 1. The van der Waals surface area contributed by atoms with Crippen molar-refractivity contribution in [2.45, 2.75) is 18.9 Å². The van der Waals surface area contributed by atoms with Crippen molar-refractivity contribution in [2.75, 3.05) is 19.0 Å². The number of nitrogens with zero attached hydrogens (tertiary/aromatic N) is 1. The maximum atomic E-state index is 12.4. The van der Waals surface area contributed by atoms with Gasteiger partial charge >= 0.3 is 5.97 Å². The molecule has 0 radical (unpaired) electrons. The summed E-state index contributed by atoms with van der Waals surface area (Å²) in [6.07, 6.45) is 0. The summed E-state index contributed by atoms with van der Waals surface area (Å²) in [7, 11) is 1.40. The summed E-state index contributed by atoms with van der Waals surface area (Å²) in [4.78, 5) is 12.4. The Hall–Kier alpha value is -2.50. The van der Waals surface area contributed by atoms with Crippen LogP contribution in [0.3, 0.4) is 0 Å². The van der Waals surface area contributed by atoms with Gasteiger partial charge in [-0.1, -0.05) is 23.4 Å². The van der Waals surface area contributed by atoms with Gasteiger partial charge in [0.2, 0.25) is 5.88 Å². The van der Waals surface area contributed by atoms with Gasteiger partial charge in [-0.25, -0.2) is 0 Å². The van der Waals surface area contributed by atoms with Crippen LogP contribution in [-0.2, 0) is 9.53 Å². The van der Waals surface area contributed by atoms with Gasteiger partial charge < -0.3 is 19.3 Å². The Labute approximate surface area is 127 Å². The number of hydrogen-bond donors (Lipinski definition) is 1. The van der Waals surface area contributed by atoms with E-state index in [2.05, 4.69) is 10.5 Å². The van der Waals surface area contributed by atoms with E-state index in [1.807, 2.05) is 31.2 Å². The van der Waals surface area contributed by atoms with E-state index in [4.69, 9.17) is 14.0 Å². The number of ether oxygens (including phenoxy) is 2. The minimum absolute atomic E-state index is 0.0612. The Morgan fingerprint density at radius 1 is 1.41 bits per heavy atom. The van der Waals surface area contributed by atoms with Crippen LogP contribution in [0.4, 0.5) is 5.88 Å². The van der Waals surface area contributed by atoms with Crippen molar-refractivity contribution in [3.8, 4) is 5.75 Å². The number of anilines is 1. The molecule has 0 amide bonds. The molecule has 1 N–H and O–H groups in total. The molecule has 114 valence electrons. The van der Waals surface area contributed by atoms with Crippen molar-refractivity contribution in [3.63, 3.8) is 0 Å². The zero-order valence-electron chi connectivity index (χ0n) is 12.3. The van der Waals surface area contributed by atoms with E-state index in [1.54, 1.807) is 0 Å². The van der Waals surface area contributed by atoms with Crippen LogP contribution in [0.2, 0.25) is 0 Å². The first-order chi connectivity index (χ1) is 10.7. The van der Waals surface area contributed by atoms with Crippen molar-refractivity contribution in [1.82, 2.24) is 5.16 Å². The van der Waals surface area contributed by atoms with E-state index >= 15 is 0 Å². The highest BCUT2D eigenvalue weighted by atomic mass is 16.5. The molecule has 2 aliphatic rings. The molecule has 3 heterocycles. The molecular weight excluding hydrogens is 284 g/mol. The second kappa shape index (κ2) is 4.76. The first-order valence-corrected chi connectivity index (χ1v) is 7.23. The highest BCUT2D eigenvalue weighted by Gasteiger charge is 2.48. The van der Waals surface area contributed by atoms with Crippen molar-refractivity contribution >= 4 is 11.9 Å². The molecule has 0 saturated carbocycles. The molecule has 0 spiro atoms. The van der Waals surface area contributed by atoms with E-state index in [0.29, 0.717) is 18.2 Å². The van der Waals surface area contributed by atoms with Crippen LogP contribution in [-0.4, -0.2) is 24.8 Å². The van der Waals surface area contributed by atoms with Gasteiger partial charge in [0.1, 0.15) is 5.75 Å². The van der Waals surface area contributed by atoms with Gasteiger partial charge in [0, 0.05) is 11.5 Å². The first kappa shape index (κ1) is 13.2. The monoisotopic (exact) mass is 300 g/mol. The van der Waals surface area contributed by atoms with Crippen LogP contribution in [0.1, 0.15) is 28.8 Å². The average molecular weight is 300 g/mol. The summed E-state index contributed by atoms with van der Waals surface area (Å²) in [5.74, 6) is 0.594. The lowest BCUT2D eigenvalue weighted by atomic mass is 9.75. The lowest BCUT2D eigenvalue weighted by Gasteiger charge is -2.40. The van der Waals surface area contributed by atoms with Crippen LogP contribution in [0, 0.1) is 12.8 Å². The number of esters is 1. The van der Waals surface area contributed by atoms with Crippen molar-refractivity contribution < 1.29 is 18.8 Å². The van der Waals surface area contributed by atoms with Crippen LogP contribution < -0.4 is 10.1 Å². The molecule has 0 unspecified atom stereocenters. The summed E-state index contributed by atoms with van der Waals surface area (Å²) in [6.45, 7) is 2.27. The van der Waals surface area contributed by atoms with Gasteiger partial charge in [-0.15, -0.1) is 0 Å². The molecule has 4 rings (SSSR count). The Morgan fingerprint density at radius 3 is 3.05 bits per heavy atom. The summed E-state index contributed by atoms with van der Waals surface area (Å²) in [5, 5.41) is 7.36. The number of benzene rings is 1. The van der Waals surface area contributed by atoms with Crippen molar-refractivity contribution in [2.24, 2.45) is 5.92 Å². The SMILES string of the molecule is COC(=O)[C@H]1c2c(C)noc2N[C@H]2c3ccccc3OC[C@@H]21. The predicted molar refractivity (Wildman–Crippen MR) is 77.8 cm³/mol. The highest BCUT2D eigenvalue weighted by Crippen LogP contribution is 2.50. The molecular formula is C16H16N2O4. The number of para-hydroxylation sites is 1. The number of rotatable bonds is 1. The molecule has 0 bridgehead atoms. The smallest absolute Gasteiger partial charge is 0.313 e. The number of hydrogen-bond acceptors (Lipinski definition) is 6. The fraction of sp³-hybridized carbons (Fsp3) is 0.375. The fourth-order valence-corrected chi connectivity index (χ4v) is 3.48. The summed E-state index contributed by atoms with van der Waals surface area (Å²) >= 11 is 0. The average Bonchev–Trinajstić information content (AvgIpc) is 2.93. The molecule has 2 aliphatic heterocycles. The molecule has 1 aromatic carbocycles. The molecule has 1 aromatic heterocycles. The van der Waals surface area contributed by atoms with Crippen LogP contribution in [0.25, 0.3) is 0 Å². The minimum Gasteiger partial charge on any atom is -0.493 e. The molecule has 6 nitrogen and oxygen atoms in total. The maximum absolute atomic E-state index is 12.4. The van der Waals surface area contributed by atoms with E-state index in [9.17, 15) is 4.79 Å². The number of fused-ring (bicyclic) bond motifs is 4. The standard InChI is InChI=1S/C16H16N2O4/c1-8-12-13(16(19)20-2)10-7-21-11-6-4-3-5-9(11)14(10)17-15(12)22-18-8/h3-6,10,13-14,17H,7H2,1-2H3/t10-,13-,14+/m1/s1. The zero-order chi connectivity index (χ0) is 15.3. The van der Waals surface area contributed by atoms with Gasteiger partial charge in [-0.05, 0) is 13.0 Å². The molecule has 2 aromatic rings. The number of methoxy groups -OCH3 is 1. The topological polar surface area (TPSA) is 73.6 Å². The number of aryl methyl sites for hydroxylation is 1. The third-order valence-corrected chi connectivity index (χ3v) is 4.50. The van der Waals surface area contributed by atoms with Crippen molar-refractivity contribution in [3.05, 3.63) is 41.1 Å². The van der Waals surface area contributed by atoms with E-state index in [-0.39, 0.29) is 17.9 Å². The Morgan fingerprint density at radius 2 is 2.23 bits per heavy atom. The lowest BCUT2D eigenvalue weighted by Crippen LogP contribution is -2.41. The van der Waals surface area contributed by atoms with E-state index < -0.39 is 5.92 Å². The first-order valence-electron chi connectivity index (χ1n) is 7.23. The quantitative estimate of drug-likeness (QED) is 0.815. The maximum Gasteiger partial charge on any atom is 0.313 e. The molecule has 0 fully saturated rings. The highest BCUT2D eigenvalue weighted by molar-refractivity contribution is 5.82. The van der Waals surface area contributed by atoms with E-state index in [1.165, 1.54) is 7.11 Å². The molecule has 6 heteroatoms. The lowest BCUT2D eigenvalue weighted by molar-refractivity contribution is -0.144. The third kappa shape index (κ3) is 1.73. The Balaban J connectivity index is 1.86.